The Hall–Kier alpha value is -9.56. The van der Waals surface area contributed by atoms with Crippen LogP contribution in [0.25, 0.3) is 77.7 Å². The highest BCUT2D eigenvalue weighted by molar-refractivity contribution is 6.09. The number of allylic oxidation sites excluding steroid dienone is 2. The number of benzene rings is 12. The first kappa shape index (κ1) is 43.1. The second-order valence-electron chi connectivity index (χ2n) is 20.3. The topological polar surface area (TPSA) is 3.24 Å². The van der Waals surface area contributed by atoms with Crippen molar-refractivity contribution in [1.29, 1.82) is 0 Å². The van der Waals surface area contributed by atoms with Crippen LogP contribution < -0.4 is 15.3 Å². The fourth-order valence-corrected chi connectivity index (χ4v) is 12.9. The molecular formula is C74H49N. The summed E-state index contributed by atoms with van der Waals surface area (Å²) >= 11 is 0. The first-order chi connectivity index (χ1) is 37.2. The van der Waals surface area contributed by atoms with E-state index in [4.69, 9.17) is 0 Å². The molecule has 0 saturated heterocycles. The summed E-state index contributed by atoms with van der Waals surface area (Å²) in [6, 6.07) is 104. The van der Waals surface area contributed by atoms with Crippen molar-refractivity contribution in [3.8, 4) is 44.5 Å². The van der Waals surface area contributed by atoms with Gasteiger partial charge in [-0.3, -0.25) is 0 Å². The van der Waals surface area contributed by atoms with Crippen molar-refractivity contribution in [3.05, 3.63) is 329 Å². The van der Waals surface area contributed by atoms with Crippen LogP contribution in [0.2, 0.25) is 0 Å². The molecule has 0 aliphatic heterocycles. The van der Waals surface area contributed by atoms with Crippen LogP contribution in [0.1, 0.15) is 27.8 Å². The Morgan fingerprint density at radius 3 is 1.73 bits per heavy atom. The molecule has 0 radical (unpaired) electrons. The Morgan fingerprint density at radius 1 is 0.347 bits per heavy atom. The van der Waals surface area contributed by atoms with Crippen molar-refractivity contribution in [2.75, 3.05) is 4.90 Å². The molecule has 0 amide bonds. The number of nitrogens with zero attached hydrogens (tertiary/aromatic N) is 1. The van der Waals surface area contributed by atoms with Crippen LogP contribution in [0.3, 0.4) is 0 Å². The van der Waals surface area contributed by atoms with Crippen LogP contribution >= 0.6 is 0 Å². The van der Waals surface area contributed by atoms with E-state index in [1.54, 1.807) is 0 Å². The molecule has 0 fully saturated rings. The average Bonchev–Trinajstić information content (AvgIpc) is 4.32. The maximum Gasteiger partial charge on any atom is 0.0713 e. The molecule has 75 heavy (non-hydrogen) atoms. The zero-order chi connectivity index (χ0) is 49.5. The van der Waals surface area contributed by atoms with Gasteiger partial charge < -0.3 is 4.90 Å². The molecule has 0 heterocycles. The molecule has 12 aromatic carbocycles. The van der Waals surface area contributed by atoms with E-state index in [0.717, 1.165) is 17.1 Å². The zero-order valence-electron chi connectivity index (χ0n) is 41.2. The average molecular weight is 952 g/mol. The smallest absolute Gasteiger partial charge is 0.0713 e. The molecule has 350 valence electrons. The van der Waals surface area contributed by atoms with Gasteiger partial charge in [0, 0.05) is 22.9 Å². The third-order valence-electron chi connectivity index (χ3n) is 16.2. The van der Waals surface area contributed by atoms with Gasteiger partial charge in [0.1, 0.15) is 0 Å². The minimum Gasteiger partial charge on any atom is -0.310 e. The monoisotopic (exact) mass is 951 g/mol. The van der Waals surface area contributed by atoms with Gasteiger partial charge in [-0.25, -0.2) is 0 Å². The maximum absolute atomic E-state index is 2.49. The molecule has 1 atom stereocenters. The van der Waals surface area contributed by atoms with Gasteiger partial charge in [-0.05, 0) is 152 Å². The van der Waals surface area contributed by atoms with E-state index in [1.807, 2.05) is 0 Å². The van der Waals surface area contributed by atoms with Crippen molar-refractivity contribution >= 4 is 50.3 Å². The predicted octanol–water partition coefficient (Wildman–Crippen LogP) is 17.4. The van der Waals surface area contributed by atoms with Gasteiger partial charge >= 0.3 is 0 Å². The maximum atomic E-state index is 2.49. The Morgan fingerprint density at radius 2 is 0.947 bits per heavy atom. The summed E-state index contributed by atoms with van der Waals surface area (Å²) in [5.41, 5.74) is 21.7. The lowest BCUT2D eigenvalue weighted by Crippen LogP contribution is -2.31. The summed E-state index contributed by atoms with van der Waals surface area (Å²) in [5.74, 6) is 0.309. The van der Waals surface area contributed by atoms with Gasteiger partial charge in [0.05, 0.1) is 11.1 Å². The molecule has 0 N–H and O–H groups in total. The molecule has 1 heteroatoms. The molecular weight excluding hydrogens is 903 g/mol. The van der Waals surface area contributed by atoms with Crippen LogP contribution in [0.5, 0.6) is 0 Å². The quantitative estimate of drug-likeness (QED) is 0.139. The second-order valence-corrected chi connectivity index (χ2v) is 20.3. The third kappa shape index (κ3) is 6.86. The van der Waals surface area contributed by atoms with Crippen LogP contribution in [0.15, 0.2) is 291 Å². The first-order valence-electron chi connectivity index (χ1n) is 26.2. The lowest BCUT2D eigenvalue weighted by Gasteiger charge is -2.34. The van der Waals surface area contributed by atoms with Crippen molar-refractivity contribution in [2.24, 2.45) is 5.92 Å². The summed E-state index contributed by atoms with van der Waals surface area (Å²) in [6.45, 7) is 0. The number of para-hydroxylation sites is 1. The van der Waals surface area contributed by atoms with Crippen molar-refractivity contribution in [2.45, 2.75) is 5.41 Å². The van der Waals surface area contributed by atoms with E-state index in [1.165, 1.54) is 115 Å². The highest BCUT2D eigenvalue weighted by Gasteiger charge is 2.46. The summed E-state index contributed by atoms with van der Waals surface area (Å²) in [6.07, 6.45) is 4.84. The van der Waals surface area contributed by atoms with Crippen LogP contribution in [-0.2, 0) is 5.41 Å². The van der Waals surface area contributed by atoms with Crippen LogP contribution in [0, 0.1) is 5.92 Å². The highest BCUT2D eigenvalue weighted by atomic mass is 15.1. The van der Waals surface area contributed by atoms with E-state index in [9.17, 15) is 0 Å². The number of hydrogen-bond donors (Lipinski definition) is 0. The van der Waals surface area contributed by atoms with Gasteiger partial charge in [0.2, 0.25) is 0 Å². The Labute approximate surface area is 437 Å². The minimum absolute atomic E-state index is 0.309. The number of anilines is 3. The van der Waals surface area contributed by atoms with Gasteiger partial charge in [-0.1, -0.05) is 249 Å². The number of hydrogen-bond acceptors (Lipinski definition) is 1. The molecule has 0 aromatic heterocycles. The van der Waals surface area contributed by atoms with E-state index < -0.39 is 5.41 Å². The molecule has 3 aliphatic carbocycles. The lowest BCUT2D eigenvalue weighted by molar-refractivity contribution is 0.769. The van der Waals surface area contributed by atoms with Gasteiger partial charge in [-0.15, -0.1) is 0 Å². The predicted molar refractivity (Wildman–Crippen MR) is 314 cm³/mol. The Kier molecular flexibility index (Phi) is 9.93. The molecule has 0 unspecified atom stereocenters. The Balaban J connectivity index is 0.915. The summed E-state index contributed by atoms with van der Waals surface area (Å²) in [4.78, 5) is 2.49. The standard InChI is InChI=1S/C74H49N/c1-4-19-50(20-5-1)61-33-17-22-52-23-18-34-65(72(52)61)64-32-13-15-36-71(64)75(59-29-16-24-54(45-59)73-66-44-39-51-21-10-11-30-60(51)68(66)47-55-46-67(55)73)58-41-37-49(38-42-58)53-40-43-63-62-31-12-14-35-69(62)74(70(63)48-53,56-25-6-2-7-26-56)57-27-8-3-9-28-57/h1-48,67H/t67-/m0/s1. The van der Waals surface area contributed by atoms with Crippen molar-refractivity contribution in [1.82, 2.24) is 0 Å². The van der Waals surface area contributed by atoms with E-state index in [-0.39, 0.29) is 0 Å². The second kappa shape index (κ2) is 17.3. The van der Waals surface area contributed by atoms with Gasteiger partial charge in [0.25, 0.3) is 0 Å². The minimum atomic E-state index is -0.476. The molecule has 15 rings (SSSR count). The fraction of sp³-hybridized carbons (Fsp3) is 0.0270. The summed E-state index contributed by atoms with van der Waals surface area (Å²) < 4.78 is 0. The van der Waals surface area contributed by atoms with Crippen molar-refractivity contribution < 1.29 is 0 Å². The van der Waals surface area contributed by atoms with Crippen LogP contribution in [0.4, 0.5) is 17.1 Å². The summed E-state index contributed by atoms with van der Waals surface area (Å²) in [5, 5.41) is 7.66. The van der Waals surface area contributed by atoms with Gasteiger partial charge in [0.15, 0.2) is 0 Å². The third-order valence-corrected chi connectivity index (χ3v) is 16.2. The van der Waals surface area contributed by atoms with E-state index in [2.05, 4.69) is 296 Å². The fourth-order valence-electron chi connectivity index (χ4n) is 12.9. The normalized spacial score (nSPS) is 14.5. The van der Waals surface area contributed by atoms with Gasteiger partial charge in [-0.2, -0.15) is 0 Å². The molecule has 0 saturated carbocycles. The zero-order valence-corrected chi connectivity index (χ0v) is 41.2. The van der Waals surface area contributed by atoms with E-state index in [0.29, 0.717) is 5.92 Å². The molecule has 0 spiro atoms. The molecule has 3 aliphatic rings. The number of rotatable bonds is 9. The molecule has 12 aromatic rings. The molecule has 1 nitrogen and oxygen atoms in total. The molecule has 0 bridgehead atoms. The highest BCUT2D eigenvalue weighted by Crippen LogP contribution is 2.57. The SMILES string of the molecule is C1=C2C=c3c(ccc4ccccc34)=C(c3cccc(N(c4ccc(-c5ccc6c(c5)C(c5ccccc5)(c5ccccc5)c5ccccc5-6)cc4)c4ccccc4-c4cccc5cccc(-c6ccccc6)c45)c3)[C@@H]12. The van der Waals surface area contributed by atoms with Crippen molar-refractivity contribution in [3.63, 3.8) is 0 Å². The Bertz CT molecular complexity index is 4350. The lowest BCUT2D eigenvalue weighted by atomic mass is 9.67. The number of fused-ring (bicyclic) bond motifs is 8. The van der Waals surface area contributed by atoms with E-state index >= 15 is 0 Å². The largest absolute Gasteiger partial charge is 0.310 e. The van der Waals surface area contributed by atoms with Crippen LogP contribution in [-0.4, -0.2) is 0 Å². The first-order valence-corrected chi connectivity index (χ1v) is 26.2. The summed E-state index contributed by atoms with van der Waals surface area (Å²) in [7, 11) is 0.